The average Bonchev–Trinajstić information content (AvgIpc) is 2.86. The van der Waals surface area contributed by atoms with Crippen LogP contribution in [0.2, 0.25) is 5.02 Å². The SMILES string of the molecule is CC(O)(CNCc1ccc(F)cc1Cl)c1ccco1. The summed E-state index contributed by atoms with van der Waals surface area (Å²) in [5.74, 6) is 0.126. The van der Waals surface area contributed by atoms with Crippen LogP contribution in [-0.4, -0.2) is 11.7 Å². The van der Waals surface area contributed by atoms with Crippen molar-refractivity contribution in [3.63, 3.8) is 0 Å². The normalized spacial score (nSPS) is 14.3. The summed E-state index contributed by atoms with van der Waals surface area (Å²) in [6.45, 7) is 2.40. The van der Waals surface area contributed by atoms with E-state index in [1.165, 1.54) is 18.4 Å². The lowest BCUT2D eigenvalue weighted by Crippen LogP contribution is -2.34. The second-order valence-electron chi connectivity index (χ2n) is 4.59. The Kier molecular flexibility index (Phi) is 4.24. The molecule has 2 aromatic rings. The van der Waals surface area contributed by atoms with E-state index in [-0.39, 0.29) is 5.82 Å². The fourth-order valence-electron chi connectivity index (χ4n) is 1.78. The molecule has 2 rings (SSSR count). The molecule has 0 saturated carbocycles. The lowest BCUT2D eigenvalue weighted by atomic mass is 10.0. The van der Waals surface area contributed by atoms with Gasteiger partial charge < -0.3 is 14.8 Å². The minimum absolute atomic E-state index is 0.300. The second kappa shape index (κ2) is 5.74. The molecule has 1 unspecified atom stereocenters. The van der Waals surface area contributed by atoms with Gasteiger partial charge >= 0.3 is 0 Å². The maximum atomic E-state index is 12.9. The molecule has 19 heavy (non-hydrogen) atoms. The topological polar surface area (TPSA) is 45.4 Å². The fourth-order valence-corrected chi connectivity index (χ4v) is 2.01. The van der Waals surface area contributed by atoms with Crippen LogP contribution in [0.1, 0.15) is 18.2 Å². The summed E-state index contributed by atoms with van der Waals surface area (Å²) in [4.78, 5) is 0. The Hall–Kier alpha value is -1.36. The number of hydrogen-bond donors (Lipinski definition) is 2. The van der Waals surface area contributed by atoms with Crippen LogP contribution < -0.4 is 5.32 Å². The van der Waals surface area contributed by atoms with Crippen LogP contribution in [0.15, 0.2) is 41.0 Å². The molecule has 0 spiro atoms. The van der Waals surface area contributed by atoms with E-state index in [0.29, 0.717) is 23.9 Å². The highest BCUT2D eigenvalue weighted by Gasteiger charge is 2.25. The zero-order chi connectivity index (χ0) is 13.9. The van der Waals surface area contributed by atoms with Crippen LogP contribution in [-0.2, 0) is 12.1 Å². The van der Waals surface area contributed by atoms with Gasteiger partial charge in [0.15, 0.2) is 0 Å². The van der Waals surface area contributed by atoms with Gasteiger partial charge in [0.1, 0.15) is 17.2 Å². The van der Waals surface area contributed by atoms with E-state index in [2.05, 4.69) is 5.32 Å². The zero-order valence-electron chi connectivity index (χ0n) is 10.5. The highest BCUT2D eigenvalue weighted by molar-refractivity contribution is 6.31. The number of aliphatic hydroxyl groups is 1. The summed E-state index contributed by atoms with van der Waals surface area (Å²) in [5.41, 5.74) is -0.325. The van der Waals surface area contributed by atoms with E-state index in [1.54, 1.807) is 25.1 Å². The lowest BCUT2D eigenvalue weighted by molar-refractivity contribution is 0.0340. The first-order valence-electron chi connectivity index (χ1n) is 5.90. The van der Waals surface area contributed by atoms with Crippen molar-refractivity contribution in [1.29, 1.82) is 0 Å². The van der Waals surface area contributed by atoms with Crippen molar-refractivity contribution >= 4 is 11.6 Å². The van der Waals surface area contributed by atoms with Crippen molar-refractivity contribution < 1.29 is 13.9 Å². The average molecular weight is 284 g/mol. The molecule has 2 N–H and O–H groups in total. The Morgan fingerprint density at radius 3 is 2.84 bits per heavy atom. The smallest absolute Gasteiger partial charge is 0.136 e. The van der Waals surface area contributed by atoms with Crippen LogP contribution in [0.5, 0.6) is 0 Å². The van der Waals surface area contributed by atoms with Gasteiger partial charge in [-0.25, -0.2) is 4.39 Å². The van der Waals surface area contributed by atoms with Crippen LogP contribution in [0.25, 0.3) is 0 Å². The maximum absolute atomic E-state index is 12.9. The van der Waals surface area contributed by atoms with Crippen molar-refractivity contribution in [1.82, 2.24) is 5.32 Å². The number of rotatable bonds is 5. The highest BCUT2D eigenvalue weighted by Crippen LogP contribution is 2.21. The Labute approximate surface area is 116 Å². The first kappa shape index (κ1) is 14.1. The molecule has 1 aromatic carbocycles. The molecule has 0 amide bonds. The van der Waals surface area contributed by atoms with Crippen LogP contribution in [0, 0.1) is 5.82 Å². The van der Waals surface area contributed by atoms with Crippen molar-refractivity contribution in [2.75, 3.05) is 6.54 Å². The number of halogens is 2. The van der Waals surface area contributed by atoms with Gasteiger partial charge in [0, 0.05) is 18.1 Å². The Bertz CT molecular complexity index is 540. The van der Waals surface area contributed by atoms with Gasteiger partial charge in [0.05, 0.1) is 6.26 Å². The fraction of sp³-hybridized carbons (Fsp3) is 0.286. The van der Waals surface area contributed by atoms with Gasteiger partial charge in [0.25, 0.3) is 0 Å². The van der Waals surface area contributed by atoms with Gasteiger partial charge in [-0.2, -0.15) is 0 Å². The third-order valence-electron chi connectivity index (χ3n) is 2.85. The predicted octanol–water partition coefficient (Wildman–Crippen LogP) is 3.07. The first-order valence-corrected chi connectivity index (χ1v) is 6.28. The minimum atomic E-state index is -1.10. The van der Waals surface area contributed by atoms with Crippen LogP contribution in [0.4, 0.5) is 4.39 Å². The lowest BCUT2D eigenvalue weighted by Gasteiger charge is -2.21. The quantitative estimate of drug-likeness (QED) is 0.886. The van der Waals surface area contributed by atoms with E-state index in [9.17, 15) is 9.50 Å². The van der Waals surface area contributed by atoms with Gasteiger partial charge in [0.2, 0.25) is 0 Å². The van der Waals surface area contributed by atoms with Gasteiger partial charge in [-0.1, -0.05) is 17.7 Å². The monoisotopic (exact) mass is 283 g/mol. The molecule has 0 aliphatic rings. The predicted molar refractivity (Wildman–Crippen MR) is 71.4 cm³/mol. The Morgan fingerprint density at radius 1 is 1.42 bits per heavy atom. The van der Waals surface area contributed by atoms with E-state index >= 15 is 0 Å². The maximum Gasteiger partial charge on any atom is 0.136 e. The standard InChI is InChI=1S/C14H15ClFNO2/c1-14(18,13-3-2-6-19-13)9-17-8-10-4-5-11(16)7-12(10)15/h2-7,17-18H,8-9H2,1H3. The van der Waals surface area contributed by atoms with Gasteiger partial charge in [-0.3, -0.25) is 0 Å². The molecule has 0 bridgehead atoms. The third-order valence-corrected chi connectivity index (χ3v) is 3.20. The van der Waals surface area contributed by atoms with Crippen molar-refractivity contribution in [3.05, 3.63) is 58.8 Å². The van der Waals surface area contributed by atoms with Crippen LogP contribution in [0.3, 0.4) is 0 Å². The molecule has 0 fully saturated rings. The molecule has 102 valence electrons. The third kappa shape index (κ3) is 3.56. The molecule has 0 saturated heterocycles. The van der Waals surface area contributed by atoms with Crippen molar-refractivity contribution in [3.8, 4) is 0 Å². The molecule has 0 aliphatic carbocycles. The summed E-state index contributed by atoms with van der Waals surface area (Å²) in [6, 6.07) is 7.68. The molecule has 5 heteroatoms. The first-order chi connectivity index (χ1) is 8.99. The summed E-state index contributed by atoms with van der Waals surface area (Å²) in [7, 11) is 0. The largest absolute Gasteiger partial charge is 0.466 e. The summed E-state index contributed by atoms with van der Waals surface area (Å²) in [5, 5.41) is 13.7. The zero-order valence-corrected chi connectivity index (χ0v) is 11.2. The number of hydrogen-bond acceptors (Lipinski definition) is 3. The molecule has 1 aromatic heterocycles. The van der Waals surface area contributed by atoms with E-state index < -0.39 is 5.60 Å². The minimum Gasteiger partial charge on any atom is -0.466 e. The molecule has 0 aliphatic heterocycles. The van der Waals surface area contributed by atoms with E-state index in [1.807, 2.05) is 0 Å². The van der Waals surface area contributed by atoms with Crippen molar-refractivity contribution in [2.24, 2.45) is 0 Å². The molecule has 0 radical (unpaired) electrons. The molecule has 1 heterocycles. The molecular formula is C14H15ClFNO2. The summed E-state index contributed by atoms with van der Waals surface area (Å²) in [6.07, 6.45) is 1.51. The van der Waals surface area contributed by atoms with Crippen LogP contribution >= 0.6 is 11.6 Å². The summed E-state index contributed by atoms with van der Waals surface area (Å²) >= 11 is 5.92. The number of nitrogens with one attached hydrogen (secondary N) is 1. The number of benzene rings is 1. The number of furan rings is 1. The van der Waals surface area contributed by atoms with E-state index in [4.69, 9.17) is 16.0 Å². The second-order valence-corrected chi connectivity index (χ2v) is 5.00. The van der Waals surface area contributed by atoms with Gasteiger partial charge in [-0.05, 0) is 36.8 Å². The molecular weight excluding hydrogens is 269 g/mol. The molecule has 3 nitrogen and oxygen atoms in total. The Balaban J connectivity index is 1.93. The Morgan fingerprint density at radius 2 is 2.21 bits per heavy atom. The van der Waals surface area contributed by atoms with Crippen molar-refractivity contribution in [2.45, 2.75) is 19.1 Å². The highest BCUT2D eigenvalue weighted by atomic mass is 35.5. The summed E-state index contributed by atoms with van der Waals surface area (Å²) < 4.78 is 18.1. The van der Waals surface area contributed by atoms with E-state index in [0.717, 1.165) is 5.56 Å². The van der Waals surface area contributed by atoms with Gasteiger partial charge in [-0.15, -0.1) is 0 Å². The molecule has 1 atom stereocenters.